The molecule has 3 atom stereocenters. The van der Waals surface area contributed by atoms with Crippen LogP contribution < -0.4 is 10.6 Å². The number of aliphatic hydroxyl groups is 1. The molecule has 7 aliphatic rings. The number of methoxy groups -OCH3 is 1. The fourth-order valence-corrected chi connectivity index (χ4v) is 9.55. The largest absolute Gasteiger partial charge is 0.511 e. The lowest BCUT2D eigenvalue weighted by molar-refractivity contribution is -0.137. The Morgan fingerprint density at radius 2 is 1.69 bits per heavy atom. The van der Waals surface area contributed by atoms with Crippen molar-refractivity contribution >= 4 is 23.1 Å². The SMILES string of the molecule is C=CC=C(C=CNCCOCCOCCOC)C1=C2NC(=C3CC(O)=C4C3=NC(=C4C)C=C3N=C(C=C4N=C1C(C)=C4CC)C(C)=C3CC)C1(CC1CC(=O)O)C2C. The monoisotopic (exact) mass is 787 g/mol. The van der Waals surface area contributed by atoms with Crippen molar-refractivity contribution in [1.29, 1.82) is 0 Å². The molecule has 0 aromatic carbocycles. The summed E-state index contributed by atoms with van der Waals surface area (Å²) in [4.78, 5) is 28.2. The molecule has 0 amide bonds. The van der Waals surface area contributed by atoms with Crippen LogP contribution in [0.4, 0.5) is 0 Å². The van der Waals surface area contributed by atoms with Crippen molar-refractivity contribution in [2.24, 2.45) is 32.2 Å². The van der Waals surface area contributed by atoms with E-state index in [4.69, 9.17) is 29.2 Å². The molecular weight excluding hydrogens is 731 g/mol. The van der Waals surface area contributed by atoms with E-state index in [1.54, 1.807) is 13.2 Å². The summed E-state index contributed by atoms with van der Waals surface area (Å²) in [5.41, 5.74) is 15.4. The van der Waals surface area contributed by atoms with Gasteiger partial charge in [0.2, 0.25) is 0 Å². The van der Waals surface area contributed by atoms with Crippen LogP contribution in [0.2, 0.25) is 0 Å². The fraction of sp³-hybridized carbons (Fsp3) is 0.447. The van der Waals surface area contributed by atoms with Crippen LogP contribution in [0.15, 0.2) is 143 Å². The van der Waals surface area contributed by atoms with Crippen molar-refractivity contribution in [1.82, 2.24) is 10.6 Å². The summed E-state index contributed by atoms with van der Waals surface area (Å²) in [5, 5.41) is 29.0. The summed E-state index contributed by atoms with van der Waals surface area (Å²) in [5.74, 6) is -0.728. The van der Waals surface area contributed by atoms with E-state index in [-0.39, 0.29) is 24.0 Å². The number of fused-ring (bicyclic) bond motifs is 6. The van der Waals surface area contributed by atoms with E-state index >= 15 is 0 Å². The predicted octanol–water partition coefficient (Wildman–Crippen LogP) is 8.20. The molecule has 1 saturated carbocycles. The molecule has 0 aromatic heterocycles. The summed E-state index contributed by atoms with van der Waals surface area (Å²) in [6.45, 7) is 20.1. The summed E-state index contributed by atoms with van der Waals surface area (Å²) in [6, 6.07) is 0. The van der Waals surface area contributed by atoms with Crippen molar-refractivity contribution in [3.8, 4) is 0 Å². The van der Waals surface area contributed by atoms with Gasteiger partial charge < -0.3 is 35.1 Å². The molecule has 7 rings (SSSR count). The summed E-state index contributed by atoms with van der Waals surface area (Å²) < 4.78 is 16.3. The second kappa shape index (κ2) is 17.0. The van der Waals surface area contributed by atoms with Crippen LogP contribution in [0, 0.1) is 17.3 Å². The third-order valence-electron chi connectivity index (χ3n) is 12.6. The topological polar surface area (TPSA) is 146 Å². The van der Waals surface area contributed by atoms with Crippen molar-refractivity contribution in [2.45, 2.75) is 73.6 Å². The standard InChI is InChI=1S/C47H57N5O6/c1-9-12-30(13-14-48-15-16-57-19-20-58-18-17-56-8)42-43-27(5)33(11-3)38(51-43)23-35-26(4)32(10-2)37(49-35)24-36-28(6)41-39(53)22-34(45(41)50-36)46-47(29(7)44(42)52-46)25-31(47)21-40(54)55/h9,12-14,23-24,29,31,48,52-53H,1,10-11,15-22,25H2,2-8H3,(H,54,55). The first-order valence-electron chi connectivity index (χ1n) is 20.6. The zero-order chi connectivity index (χ0) is 41.3. The van der Waals surface area contributed by atoms with Gasteiger partial charge in [0.1, 0.15) is 5.76 Å². The maximum Gasteiger partial charge on any atom is 0.303 e. The lowest BCUT2D eigenvalue weighted by Gasteiger charge is -2.20. The Balaban J connectivity index is 1.38. The van der Waals surface area contributed by atoms with Crippen LogP contribution in [0.3, 0.4) is 0 Å². The van der Waals surface area contributed by atoms with Gasteiger partial charge in [-0.3, -0.25) is 4.79 Å². The third-order valence-corrected chi connectivity index (χ3v) is 12.6. The highest BCUT2D eigenvalue weighted by Gasteiger charge is 2.66. The normalized spacial score (nSPS) is 25.1. The zero-order valence-electron chi connectivity index (χ0n) is 35.0. The number of nitrogens with one attached hydrogen (secondary N) is 2. The molecule has 3 unspecified atom stereocenters. The highest BCUT2D eigenvalue weighted by atomic mass is 16.5. The summed E-state index contributed by atoms with van der Waals surface area (Å²) in [7, 11) is 1.65. The van der Waals surface area contributed by atoms with Gasteiger partial charge in [-0.25, -0.2) is 15.0 Å². The van der Waals surface area contributed by atoms with E-state index < -0.39 is 11.4 Å². The molecule has 8 bridgehead atoms. The first-order valence-corrected chi connectivity index (χ1v) is 20.6. The first kappa shape index (κ1) is 41.1. The molecule has 306 valence electrons. The molecule has 0 aromatic rings. The summed E-state index contributed by atoms with van der Waals surface area (Å²) >= 11 is 0. The van der Waals surface area contributed by atoms with Gasteiger partial charge in [0.05, 0.1) is 67.3 Å². The van der Waals surface area contributed by atoms with E-state index in [2.05, 4.69) is 64.0 Å². The van der Waals surface area contributed by atoms with Gasteiger partial charge in [0.25, 0.3) is 0 Å². The van der Waals surface area contributed by atoms with Crippen molar-refractivity contribution in [3.63, 3.8) is 0 Å². The molecule has 1 spiro atoms. The number of hydrogen-bond acceptors (Lipinski definition) is 10. The van der Waals surface area contributed by atoms with Crippen molar-refractivity contribution < 1.29 is 29.2 Å². The molecular formula is C47H57N5O6. The highest BCUT2D eigenvalue weighted by molar-refractivity contribution is 6.22. The molecule has 2 fully saturated rings. The molecule has 11 heteroatoms. The number of carboxylic acid groups (broad SMARTS) is 1. The van der Waals surface area contributed by atoms with E-state index in [0.29, 0.717) is 52.4 Å². The smallest absolute Gasteiger partial charge is 0.303 e. The molecule has 58 heavy (non-hydrogen) atoms. The first-order chi connectivity index (χ1) is 28.0. The van der Waals surface area contributed by atoms with Gasteiger partial charge in [-0.05, 0) is 104 Å². The Bertz CT molecular complexity index is 2230. The van der Waals surface area contributed by atoms with E-state index in [1.807, 2.05) is 25.3 Å². The van der Waals surface area contributed by atoms with Crippen LogP contribution in [0.1, 0.15) is 73.6 Å². The lowest BCUT2D eigenvalue weighted by atomic mass is 9.81. The fourth-order valence-electron chi connectivity index (χ4n) is 9.55. The minimum absolute atomic E-state index is 0.0532. The molecule has 4 N–H and O–H groups in total. The van der Waals surface area contributed by atoms with Crippen molar-refractivity contribution in [3.05, 3.63) is 128 Å². The maximum absolute atomic E-state index is 12.3. The Labute approximate surface area is 342 Å². The number of hydrogen-bond donors (Lipinski definition) is 4. The van der Waals surface area contributed by atoms with Gasteiger partial charge in [-0.15, -0.1) is 0 Å². The van der Waals surface area contributed by atoms with Crippen LogP contribution in [0.5, 0.6) is 0 Å². The minimum Gasteiger partial charge on any atom is -0.511 e. The lowest BCUT2D eigenvalue weighted by Crippen LogP contribution is -2.18. The number of aliphatic carboxylic acids is 1. The molecule has 0 radical (unpaired) electrons. The van der Waals surface area contributed by atoms with Crippen LogP contribution in [-0.4, -0.2) is 80.0 Å². The second-order valence-corrected chi connectivity index (χ2v) is 15.8. The number of allylic oxidation sites excluding steroid dienone is 16. The zero-order valence-corrected chi connectivity index (χ0v) is 35.0. The van der Waals surface area contributed by atoms with Crippen LogP contribution in [0.25, 0.3) is 0 Å². The maximum atomic E-state index is 12.3. The number of carboxylic acids is 1. The number of ether oxygens (including phenoxy) is 3. The van der Waals surface area contributed by atoms with Gasteiger partial charge in [-0.1, -0.05) is 39.5 Å². The van der Waals surface area contributed by atoms with E-state index in [1.165, 1.54) is 0 Å². The number of aliphatic imine (C=N–C) groups is 3. The number of nitrogens with zero attached hydrogens (tertiary/aromatic N) is 3. The van der Waals surface area contributed by atoms with Gasteiger partial charge in [0, 0.05) is 65.9 Å². The number of carbonyl (C=O) groups is 1. The molecule has 11 nitrogen and oxygen atoms in total. The molecule has 5 heterocycles. The quantitative estimate of drug-likeness (QED) is 0.0853. The van der Waals surface area contributed by atoms with E-state index in [0.717, 1.165) is 109 Å². The second-order valence-electron chi connectivity index (χ2n) is 15.8. The highest BCUT2D eigenvalue weighted by Crippen LogP contribution is 2.69. The molecule has 5 aliphatic heterocycles. The van der Waals surface area contributed by atoms with Gasteiger partial charge >= 0.3 is 5.97 Å². The number of rotatable bonds is 17. The Morgan fingerprint density at radius 3 is 2.40 bits per heavy atom. The average Bonchev–Trinajstić information content (AvgIpc) is 3.46. The molecule has 2 aliphatic carbocycles. The summed E-state index contributed by atoms with van der Waals surface area (Å²) in [6.07, 6.45) is 14.6. The Morgan fingerprint density at radius 1 is 0.983 bits per heavy atom. The predicted molar refractivity (Wildman–Crippen MR) is 230 cm³/mol. The van der Waals surface area contributed by atoms with E-state index in [9.17, 15) is 15.0 Å². The van der Waals surface area contributed by atoms with Gasteiger partial charge in [-0.2, -0.15) is 0 Å². The van der Waals surface area contributed by atoms with Gasteiger partial charge in [0.15, 0.2) is 0 Å². The Hall–Kier alpha value is -5.10. The minimum atomic E-state index is -0.816. The van der Waals surface area contributed by atoms with Crippen LogP contribution in [-0.2, 0) is 19.0 Å². The number of aliphatic hydroxyl groups excluding tert-OH is 1. The third kappa shape index (κ3) is 7.28. The van der Waals surface area contributed by atoms with Crippen molar-refractivity contribution in [2.75, 3.05) is 46.7 Å². The van der Waals surface area contributed by atoms with Crippen LogP contribution >= 0.6 is 0 Å². The molecule has 1 saturated heterocycles. The average molecular weight is 788 g/mol. The Kier molecular flexibility index (Phi) is 12.0.